The van der Waals surface area contributed by atoms with Gasteiger partial charge in [-0.25, -0.2) is 0 Å². The molecule has 1 aliphatic heterocycles. The maximum Gasteiger partial charge on any atom is 0.237 e. The highest BCUT2D eigenvalue weighted by Crippen LogP contribution is 2.28. The van der Waals surface area contributed by atoms with Crippen LogP contribution in [0.15, 0.2) is 24.5 Å². The summed E-state index contributed by atoms with van der Waals surface area (Å²) in [5.41, 5.74) is 3.49. The van der Waals surface area contributed by atoms with Crippen LogP contribution in [0, 0.1) is 0 Å². The number of aromatic nitrogens is 3. The van der Waals surface area contributed by atoms with Gasteiger partial charge in [-0.2, -0.15) is 5.10 Å². The molecule has 2 aromatic rings. The summed E-state index contributed by atoms with van der Waals surface area (Å²) in [4.78, 5) is 16.2. The van der Waals surface area contributed by atoms with E-state index < -0.39 is 0 Å². The summed E-state index contributed by atoms with van der Waals surface area (Å²) in [6.07, 6.45) is 4.09. The van der Waals surface area contributed by atoms with E-state index in [4.69, 9.17) is 5.10 Å². The summed E-state index contributed by atoms with van der Waals surface area (Å²) in [5.74, 6) is 0.174. The molecule has 0 radical (unpaired) electrons. The van der Waals surface area contributed by atoms with Gasteiger partial charge in [0.15, 0.2) is 0 Å². The molecule has 0 saturated heterocycles. The highest BCUT2D eigenvalue weighted by Gasteiger charge is 2.31. The Bertz CT molecular complexity index is 684. The van der Waals surface area contributed by atoms with E-state index in [0.717, 1.165) is 12.2 Å². The number of fused-ring (bicyclic) bond motifs is 1. The predicted octanol–water partition coefficient (Wildman–Crippen LogP) is 1.72. The molecule has 0 aromatic carbocycles. The monoisotopic (exact) mass is 315 g/mol. The van der Waals surface area contributed by atoms with Crippen LogP contribution in [0.5, 0.6) is 0 Å². The van der Waals surface area contributed by atoms with E-state index >= 15 is 0 Å². The standard InChI is InChI=1S/C17H25N5O/c1-13(2)22-16-11-21(17(23)12-19(3)4)9-14(16)15(18-22)10-20-7-5-6-8-20/h5-8,13H,9-12H2,1-4H3. The van der Waals surface area contributed by atoms with E-state index in [1.54, 1.807) is 0 Å². The summed E-state index contributed by atoms with van der Waals surface area (Å²) >= 11 is 0. The second-order valence-electron chi connectivity index (χ2n) is 6.75. The molecule has 3 rings (SSSR count). The van der Waals surface area contributed by atoms with E-state index in [9.17, 15) is 4.79 Å². The van der Waals surface area contributed by atoms with Crippen LogP contribution in [0.2, 0.25) is 0 Å². The smallest absolute Gasteiger partial charge is 0.237 e. The lowest BCUT2D eigenvalue weighted by Crippen LogP contribution is -2.34. The fraction of sp³-hybridized carbons (Fsp3) is 0.529. The lowest BCUT2D eigenvalue weighted by molar-refractivity contribution is -0.132. The molecule has 0 N–H and O–H groups in total. The van der Waals surface area contributed by atoms with Gasteiger partial charge in [-0.1, -0.05) is 0 Å². The summed E-state index contributed by atoms with van der Waals surface area (Å²) in [6.45, 7) is 6.81. The zero-order chi connectivity index (χ0) is 16.6. The molecule has 6 nitrogen and oxygen atoms in total. The van der Waals surface area contributed by atoms with E-state index in [0.29, 0.717) is 25.7 Å². The van der Waals surface area contributed by atoms with Crippen LogP contribution in [-0.2, 0) is 24.4 Å². The average Bonchev–Trinajstić information content (AvgIpc) is 3.15. The molecule has 124 valence electrons. The number of carbonyl (C=O) groups excluding carboxylic acids is 1. The zero-order valence-electron chi connectivity index (χ0n) is 14.4. The fourth-order valence-electron chi connectivity index (χ4n) is 3.08. The largest absolute Gasteiger partial charge is 0.348 e. The number of hydrogen-bond acceptors (Lipinski definition) is 3. The highest BCUT2D eigenvalue weighted by atomic mass is 16.2. The third-order valence-corrected chi connectivity index (χ3v) is 4.18. The minimum absolute atomic E-state index is 0.174. The first-order valence-electron chi connectivity index (χ1n) is 8.08. The number of hydrogen-bond donors (Lipinski definition) is 0. The topological polar surface area (TPSA) is 46.3 Å². The van der Waals surface area contributed by atoms with Gasteiger partial charge in [-0.3, -0.25) is 9.48 Å². The van der Waals surface area contributed by atoms with Crippen LogP contribution in [0.25, 0.3) is 0 Å². The molecule has 0 bridgehead atoms. The van der Waals surface area contributed by atoms with Crippen molar-refractivity contribution in [3.8, 4) is 0 Å². The van der Waals surface area contributed by atoms with Crippen LogP contribution >= 0.6 is 0 Å². The zero-order valence-corrected chi connectivity index (χ0v) is 14.4. The first-order chi connectivity index (χ1) is 11.0. The van der Waals surface area contributed by atoms with E-state index in [1.165, 1.54) is 11.3 Å². The van der Waals surface area contributed by atoms with Crippen LogP contribution in [-0.4, -0.2) is 50.7 Å². The number of amides is 1. The second-order valence-corrected chi connectivity index (χ2v) is 6.75. The molecule has 1 aliphatic rings. The third kappa shape index (κ3) is 3.17. The van der Waals surface area contributed by atoms with Crippen LogP contribution in [0.1, 0.15) is 36.8 Å². The van der Waals surface area contributed by atoms with Gasteiger partial charge in [0.2, 0.25) is 5.91 Å². The fourth-order valence-corrected chi connectivity index (χ4v) is 3.08. The van der Waals surface area contributed by atoms with Crippen molar-refractivity contribution in [1.29, 1.82) is 0 Å². The summed E-state index contributed by atoms with van der Waals surface area (Å²) < 4.78 is 4.20. The maximum absolute atomic E-state index is 12.4. The lowest BCUT2D eigenvalue weighted by Gasteiger charge is -2.19. The van der Waals surface area contributed by atoms with Crippen LogP contribution < -0.4 is 0 Å². The van der Waals surface area contributed by atoms with Crippen molar-refractivity contribution in [2.75, 3.05) is 20.6 Å². The van der Waals surface area contributed by atoms with Gasteiger partial charge in [0.05, 0.1) is 31.0 Å². The Kier molecular flexibility index (Phi) is 4.26. The van der Waals surface area contributed by atoms with Gasteiger partial charge in [-0.05, 0) is 40.1 Å². The molecule has 1 amide bonds. The van der Waals surface area contributed by atoms with Gasteiger partial charge in [-0.15, -0.1) is 0 Å². The van der Waals surface area contributed by atoms with Crippen molar-refractivity contribution < 1.29 is 4.79 Å². The van der Waals surface area contributed by atoms with Gasteiger partial charge >= 0.3 is 0 Å². The molecule has 0 spiro atoms. The number of carbonyl (C=O) groups is 1. The Morgan fingerprint density at radius 2 is 1.96 bits per heavy atom. The van der Waals surface area contributed by atoms with E-state index in [2.05, 4.69) is 23.1 Å². The van der Waals surface area contributed by atoms with Crippen molar-refractivity contribution in [3.63, 3.8) is 0 Å². The summed E-state index contributed by atoms with van der Waals surface area (Å²) in [5, 5.41) is 4.81. The van der Waals surface area contributed by atoms with E-state index in [1.807, 2.05) is 48.4 Å². The van der Waals surface area contributed by atoms with Gasteiger partial charge in [0.1, 0.15) is 0 Å². The van der Waals surface area contributed by atoms with Gasteiger partial charge < -0.3 is 14.4 Å². The third-order valence-electron chi connectivity index (χ3n) is 4.18. The molecule has 2 aromatic heterocycles. The van der Waals surface area contributed by atoms with E-state index in [-0.39, 0.29) is 5.91 Å². The molecule has 0 fully saturated rings. The van der Waals surface area contributed by atoms with Gasteiger partial charge in [0, 0.05) is 30.5 Å². The molecule has 0 unspecified atom stereocenters. The first kappa shape index (κ1) is 15.8. The van der Waals surface area contributed by atoms with Crippen LogP contribution in [0.3, 0.4) is 0 Å². The molecule has 23 heavy (non-hydrogen) atoms. The molecule has 6 heteroatoms. The Labute approximate surface area is 137 Å². The van der Waals surface area contributed by atoms with Crippen molar-refractivity contribution in [2.45, 2.75) is 39.5 Å². The van der Waals surface area contributed by atoms with Crippen molar-refractivity contribution >= 4 is 5.91 Å². The molecule has 3 heterocycles. The van der Waals surface area contributed by atoms with Crippen molar-refractivity contribution in [1.82, 2.24) is 24.1 Å². The second kappa shape index (κ2) is 6.20. The molecule has 0 atom stereocenters. The van der Waals surface area contributed by atoms with Crippen molar-refractivity contribution in [2.24, 2.45) is 0 Å². The summed E-state index contributed by atoms with van der Waals surface area (Å²) in [7, 11) is 3.85. The Balaban J connectivity index is 1.86. The molecule has 0 aliphatic carbocycles. The normalized spacial score (nSPS) is 14.1. The Morgan fingerprint density at radius 3 is 2.57 bits per heavy atom. The Morgan fingerprint density at radius 1 is 1.26 bits per heavy atom. The predicted molar refractivity (Wildman–Crippen MR) is 89.0 cm³/mol. The molecule has 0 saturated carbocycles. The van der Waals surface area contributed by atoms with Gasteiger partial charge in [0.25, 0.3) is 0 Å². The quantitative estimate of drug-likeness (QED) is 0.844. The van der Waals surface area contributed by atoms with Crippen LogP contribution in [0.4, 0.5) is 0 Å². The lowest BCUT2D eigenvalue weighted by atomic mass is 10.2. The average molecular weight is 315 g/mol. The number of nitrogens with zero attached hydrogens (tertiary/aromatic N) is 5. The SMILES string of the molecule is CC(C)n1nc(Cn2cccc2)c2c1CN(C(=O)CN(C)C)C2. The number of likely N-dealkylation sites (N-methyl/N-ethyl adjacent to an activating group) is 1. The molecular weight excluding hydrogens is 290 g/mol. The maximum atomic E-state index is 12.4. The number of rotatable bonds is 5. The minimum Gasteiger partial charge on any atom is -0.348 e. The van der Waals surface area contributed by atoms with Crippen molar-refractivity contribution in [3.05, 3.63) is 41.5 Å². The first-order valence-corrected chi connectivity index (χ1v) is 8.08. The minimum atomic E-state index is 0.174. The molecular formula is C17H25N5O. The summed E-state index contributed by atoms with van der Waals surface area (Å²) in [6, 6.07) is 4.34. The Hall–Kier alpha value is -2.08. The highest BCUT2D eigenvalue weighted by molar-refractivity contribution is 5.78.